The molecule has 2 aromatic rings. The van der Waals surface area contributed by atoms with E-state index in [1.165, 1.54) is 0 Å². The number of carbonyl (C=O) groups is 1. The molecule has 1 aromatic carbocycles. The van der Waals surface area contributed by atoms with Gasteiger partial charge in [0.25, 0.3) is 5.91 Å². The number of alkyl halides is 3. The van der Waals surface area contributed by atoms with Crippen molar-refractivity contribution in [2.75, 3.05) is 5.73 Å². The Bertz CT molecular complexity index is 709. The number of hydrogen-bond donors (Lipinski definition) is 2. The van der Waals surface area contributed by atoms with Crippen molar-refractivity contribution >= 4 is 27.7 Å². The summed E-state index contributed by atoms with van der Waals surface area (Å²) in [7, 11) is 0. The summed E-state index contributed by atoms with van der Waals surface area (Å²) >= 11 is 3.24. The summed E-state index contributed by atoms with van der Waals surface area (Å²) in [5.41, 5.74) is 11.1. The second-order valence-corrected chi connectivity index (χ2v) is 5.56. The van der Waals surface area contributed by atoms with Crippen molar-refractivity contribution < 1.29 is 18.0 Å². The van der Waals surface area contributed by atoms with Crippen LogP contribution in [0.1, 0.15) is 23.3 Å². The number of benzene rings is 1. The SMILES string of the molecule is CC(n1nc(-c2ccc(Br)cc2)c(C(N)=O)c1N)C(F)(F)F. The highest BCUT2D eigenvalue weighted by molar-refractivity contribution is 9.10. The lowest BCUT2D eigenvalue weighted by Crippen LogP contribution is -2.26. The largest absolute Gasteiger partial charge is 0.410 e. The highest BCUT2D eigenvalue weighted by atomic mass is 79.9. The van der Waals surface area contributed by atoms with E-state index < -0.39 is 23.9 Å². The summed E-state index contributed by atoms with van der Waals surface area (Å²) < 4.78 is 40.0. The quantitative estimate of drug-likeness (QED) is 0.862. The van der Waals surface area contributed by atoms with Gasteiger partial charge in [-0.25, -0.2) is 4.68 Å². The standard InChI is InChI=1S/C13H12BrF3N4O/c1-6(13(15,16)17)21-11(18)9(12(19)22)10(20-21)7-2-4-8(14)5-3-7/h2-6H,18H2,1H3,(H2,19,22). The number of nitrogens with two attached hydrogens (primary N) is 2. The lowest BCUT2D eigenvalue weighted by atomic mass is 10.1. The molecule has 1 amide bonds. The Balaban J connectivity index is 2.64. The van der Waals surface area contributed by atoms with Crippen LogP contribution in [0.4, 0.5) is 19.0 Å². The summed E-state index contributed by atoms with van der Waals surface area (Å²) in [6.45, 7) is 0.902. The van der Waals surface area contributed by atoms with Crippen LogP contribution in [-0.4, -0.2) is 21.9 Å². The fraction of sp³-hybridized carbons (Fsp3) is 0.231. The van der Waals surface area contributed by atoms with E-state index in [0.717, 1.165) is 11.4 Å². The van der Waals surface area contributed by atoms with Crippen molar-refractivity contribution in [3.8, 4) is 11.3 Å². The lowest BCUT2D eigenvalue weighted by Gasteiger charge is -2.17. The number of aromatic nitrogens is 2. The predicted molar refractivity (Wildman–Crippen MR) is 79.1 cm³/mol. The molecular formula is C13H12BrF3N4O. The Morgan fingerprint density at radius 3 is 2.32 bits per heavy atom. The zero-order valence-electron chi connectivity index (χ0n) is 11.4. The maximum Gasteiger partial charge on any atom is 0.410 e. The molecule has 118 valence electrons. The Morgan fingerprint density at radius 1 is 1.32 bits per heavy atom. The zero-order chi connectivity index (χ0) is 16.7. The Morgan fingerprint density at radius 2 is 1.86 bits per heavy atom. The zero-order valence-corrected chi connectivity index (χ0v) is 12.9. The molecule has 0 aliphatic heterocycles. The maximum absolute atomic E-state index is 12.9. The third-order valence-corrected chi connectivity index (χ3v) is 3.68. The summed E-state index contributed by atoms with van der Waals surface area (Å²) in [4.78, 5) is 11.6. The molecule has 0 aliphatic rings. The molecule has 0 bridgehead atoms. The van der Waals surface area contributed by atoms with Crippen molar-refractivity contribution in [1.82, 2.24) is 9.78 Å². The van der Waals surface area contributed by atoms with Gasteiger partial charge in [-0.1, -0.05) is 28.1 Å². The second kappa shape index (κ2) is 5.64. The molecule has 0 radical (unpaired) electrons. The van der Waals surface area contributed by atoms with E-state index in [-0.39, 0.29) is 11.3 Å². The van der Waals surface area contributed by atoms with Gasteiger partial charge in [0.15, 0.2) is 0 Å². The van der Waals surface area contributed by atoms with Crippen LogP contribution in [0, 0.1) is 0 Å². The van der Waals surface area contributed by atoms with Gasteiger partial charge in [-0.05, 0) is 19.1 Å². The van der Waals surface area contributed by atoms with Gasteiger partial charge in [0, 0.05) is 10.0 Å². The average molecular weight is 377 g/mol. The van der Waals surface area contributed by atoms with Crippen LogP contribution in [0.3, 0.4) is 0 Å². The van der Waals surface area contributed by atoms with Crippen LogP contribution in [0.2, 0.25) is 0 Å². The maximum atomic E-state index is 12.9. The number of halogens is 4. The molecule has 4 N–H and O–H groups in total. The summed E-state index contributed by atoms with van der Waals surface area (Å²) in [5, 5.41) is 3.85. The minimum absolute atomic E-state index is 0.0219. The van der Waals surface area contributed by atoms with E-state index in [9.17, 15) is 18.0 Å². The monoisotopic (exact) mass is 376 g/mol. The molecular weight excluding hydrogens is 365 g/mol. The first-order chi connectivity index (χ1) is 10.1. The van der Waals surface area contributed by atoms with Crippen molar-refractivity contribution in [1.29, 1.82) is 0 Å². The van der Waals surface area contributed by atoms with Crippen LogP contribution in [0.5, 0.6) is 0 Å². The first-order valence-corrected chi connectivity index (χ1v) is 6.92. The number of anilines is 1. The number of rotatable bonds is 3. The van der Waals surface area contributed by atoms with Crippen molar-refractivity contribution in [2.45, 2.75) is 19.1 Å². The van der Waals surface area contributed by atoms with Crippen LogP contribution in [-0.2, 0) is 0 Å². The first-order valence-electron chi connectivity index (χ1n) is 6.13. The van der Waals surface area contributed by atoms with E-state index in [2.05, 4.69) is 21.0 Å². The lowest BCUT2D eigenvalue weighted by molar-refractivity contribution is -0.164. The molecule has 22 heavy (non-hydrogen) atoms. The number of amides is 1. The van der Waals surface area contributed by atoms with Gasteiger partial charge in [-0.3, -0.25) is 4.79 Å². The van der Waals surface area contributed by atoms with E-state index in [1.807, 2.05) is 0 Å². The molecule has 1 atom stereocenters. The van der Waals surface area contributed by atoms with Crippen LogP contribution in [0.15, 0.2) is 28.7 Å². The van der Waals surface area contributed by atoms with Crippen LogP contribution < -0.4 is 11.5 Å². The van der Waals surface area contributed by atoms with Gasteiger partial charge >= 0.3 is 6.18 Å². The van der Waals surface area contributed by atoms with Crippen LogP contribution in [0.25, 0.3) is 11.3 Å². The number of carbonyl (C=O) groups excluding carboxylic acids is 1. The number of nitrogens with zero attached hydrogens (tertiary/aromatic N) is 2. The summed E-state index contributed by atoms with van der Waals surface area (Å²) in [6.07, 6.45) is -4.55. The molecule has 0 saturated carbocycles. The Hall–Kier alpha value is -2.03. The molecule has 0 fully saturated rings. The van der Waals surface area contributed by atoms with Crippen LogP contribution >= 0.6 is 15.9 Å². The van der Waals surface area contributed by atoms with Gasteiger partial charge in [0.2, 0.25) is 0 Å². The smallest absolute Gasteiger partial charge is 0.383 e. The normalized spacial score (nSPS) is 13.1. The molecule has 5 nitrogen and oxygen atoms in total. The van der Waals surface area contributed by atoms with Crippen molar-refractivity contribution in [3.05, 3.63) is 34.3 Å². The van der Waals surface area contributed by atoms with Gasteiger partial charge in [0.05, 0.1) is 0 Å². The molecule has 1 aromatic heterocycles. The van der Waals surface area contributed by atoms with Gasteiger partial charge in [0.1, 0.15) is 23.1 Å². The highest BCUT2D eigenvalue weighted by Gasteiger charge is 2.40. The molecule has 0 spiro atoms. The van der Waals surface area contributed by atoms with E-state index in [4.69, 9.17) is 11.5 Å². The molecule has 1 heterocycles. The number of hydrogen-bond acceptors (Lipinski definition) is 3. The molecule has 0 aliphatic carbocycles. The topological polar surface area (TPSA) is 86.9 Å². The highest BCUT2D eigenvalue weighted by Crippen LogP contribution is 2.35. The Kier molecular flexibility index (Phi) is 4.19. The number of primary amides is 1. The third kappa shape index (κ3) is 2.94. The first kappa shape index (κ1) is 16.3. The van der Waals surface area contributed by atoms with E-state index >= 15 is 0 Å². The predicted octanol–water partition coefficient (Wildman–Crippen LogP) is 3.12. The fourth-order valence-electron chi connectivity index (χ4n) is 1.93. The minimum Gasteiger partial charge on any atom is -0.383 e. The molecule has 0 saturated heterocycles. The van der Waals surface area contributed by atoms with Gasteiger partial charge < -0.3 is 11.5 Å². The van der Waals surface area contributed by atoms with Gasteiger partial charge in [-0.15, -0.1) is 0 Å². The molecule has 1 unspecified atom stereocenters. The third-order valence-electron chi connectivity index (χ3n) is 3.15. The van der Waals surface area contributed by atoms with Crippen molar-refractivity contribution in [2.24, 2.45) is 5.73 Å². The summed E-state index contributed by atoms with van der Waals surface area (Å²) in [6, 6.07) is 4.56. The molecule has 9 heteroatoms. The van der Waals surface area contributed by atoms with Gasteiger partial charge in [-0.2, -0.15) is 18.3 Å². The minimum atomic E-state index is -4.55. The number of nitrogen functional groups attached to an aromatic ring is 1. The summed E-state index contributed by atoms with van der Waals surface area (Å²) in [5.74, 6) is -1.34. The average Bonchev–Trinajstić information content (AvgIpc) is 2.75. The Labute approximate surface area is 132 Å². The molecule has 2 rings (SSSR count). The van der Waals surface area contributed by atoms with Crippen molar-refractivity contribution in [3.63, 3.8) is 0 Å². The fourth-order valence-corrected chi connectivity index (χ4v) is 2.20. The van der Waals surface area contributed by atoms with E-state index in [1.54, 1.807) is 24.3 Å². The van der Waals surface area contributed by atoms with E-state index in [0.29, 0.717) is 10.2 Å². The second-order valence-electron chi connectivity index (χ2n) is 4.64.